The van der Waals surface area contributed by atoms with Crippen molar-refractivity contribution in [1.29, 1.82) is 0 Å². The van der Waals surface area contributed by atoms with E-state index in [2.05, 4.69) is 40.6 Å². The number of likely N-dealkylation sites (tertiary alicyclic amines) is 1. The Hall–Kier alpha value is -3.80. The van der Waals surface area contributed by atoms with Crippen LogP contribution in [0.4, 0.5) is 4.79 Å². The first-order valence-electron chi connectivity index (χ1n) is 11.4. The summed E-state index contributed by atoms with van der Waals surface area (Å²) in [4.78, 5) is 28.7. The minimum absolute atomic E-state index is 0.0460. The fraction of sp³-hybridized carbons (Fsp3) is 0.259. The number of aromatic amines is 1. The van der Waals surface area contributed by atoms with Crippen molar-refractivity contribution in [2.24, 2.45) is 0 Å². The Morgan fingerprint density at radius 2 is 1.79 bits per heavy atom. The van der Waals surface area contributed by atoms with Crippen LogP contribution in [0, 0.1) is 0 Å². The first kappa shape index (κ1) is 21.1. The summed E-state index contributed by atoms with van der Waals surface area (Å²) in [5.41, 5.74) is 3.47. The van der Waals surface area contributed by atoms with E-state index in [-0.39, 0.29) is 17.6 Å². The maximum atomic E-state index is 12.7. The Balaban J connectivity index is 1.14. The fourth-order valence-electron chi connectivity index (χ4n) is 4.33. The zero-order valence-electron chi connectivity index (χ0n) is 18.4. The number of rotatable bonds is 5. The zero-order valence-corrected chi connectivity index (χ0v) is 18.4. The van der Waals surface area contributed by atoms with Crippen LogP contribution in [0.1, 0.15) is 36.3 Å². The van der Waals surface area contributed by atoms with E-state index in [9.17, 15) is 9.59 Å². The number of amides is 2. The lowest BCUT2D eigenvalue weighted by Gasteiger charge is -2.28. The number of hydrogen-bond acceptors (Lipinski definition) is 3. The Kier molecular flexibility index (Phi) is 5.98. The van der Waals surface area contributed by atoms with Crippen molar-refractivity contribution < 1.29 is 9.53 Å². The Labute approximate surface area is 192 Å². The highest BCUT2D eigenvalue weighted by Crippen LogP contribution is 2.40. The summed E-state index contributed by atoms with van der Waals surface area (Å²) in [6, 6.07) is 23.3. The smallest absolute Gasteiger partial charge is 0.317 e. The van der Waals surface area contributed by atoms with Crippen molar-refractivity contribution >= 4 is 12.1 Å². The number of hydrogen-bond donors (Lipinski definition) is 2. The van der Waals surface area contributed by atoms with Crippen LogP contribution in [0.5, 0.6) is 11.6 Å². The molecule has 2 aliphatic rings. The second-order valence-corrected chi connectivity index (χ2v) is 8.65. The van der Waals surface area contributed by atoms with Gasteiger partial charge in [-0.3, -0.25) is 9.78 Å². The van der Waals surface area contributed by atoms with Crippen molar-refractivity contribution in [2.45, 2.75) is 31.2 Å². The van der Waals surface area contributed by atoms with E-state index >= 15 is 0 Å². The van der Waals surface area contributed by atoms with Crippen molar-refractivity contribution in [1.82, 2.24) is 15.2 Å². The van der Waals surface area contributed by atoms with Crippen molar-refractivity contribution in [3.05, 3.63) is 99.9 Å². The summed E-state index contributed by atoms with van der Waals surface area (Å²) in [6.45, 7) is 1.45. The largest absolute Gasteiger partial charge is 0.441 e. The third-order valence-corrected chi connectivity index (χ3v) is 6.22. The summed E-state index contributed by atoms with van der Waals surface area (Å²) in [5, 5.41) is 3.20. The standard InChI is InChI=1S/C27H27N3O3/c31-25-10-5-11-26(29-25)33-22-9-4-6-20(17-22)16-19-12-14-30(15-13-19)27(32)28-24-18-23(24)21-7-2-1-3-8-21/h1-11,16-17,23-24H,12-15,18H2,(H,28,32)(H,29,31)/t23-,24?/m0/s1. The molecule has 2 amide bonds. The first-order valence-corrected chi connectivity index (χ1v) is 11.4. The van der Waals surface area contributed by atoms with Crippen molar-refractivity contribution in [3.8, 4) is 11.6 Å². The molecule has 0 bridgehead atoms. The van der Waals surface area contributed by atoms with Gasteiger partial charge in [-0.15, -0.1) is 0 Å². The van der Waals surface area contributed by atoms with E-state index in [4.69, 9.17) is 4.74 Å². The molecule has 1 aliphatic carbocycles. The molecule has 1 saturated carbocycles. The molecule has 2 heterocycles. The average Bonchev–Trinajstić information content (AvgIpc) is 3.59. The number of aromatic nitrogens is 1. The molecular weight excluding hydrogens is 414 g/mol. The molecule has 1 saturated heterocycles. The van der Waals surface area contributed by atoms with E-state index in [1.165, 1.54) is 17.2 Å². The second kappa shape index (κ2) is 9.36. The van der Waals surface area contributed by atoms with Crippen LogP contribution in [0.15, 0.2) is 83.2 Å². The molecule has 2 aromatic carbocycles. The molecule has 6 nitrogen and oxygen atoms in total. The van der Waals surface area contributed by atoms with E-state index in [0.29, 0.717) is 17.5 Å². The molecule has 33 heavy (non-hydrogen) atoms. The van der Waals surface area contributed by atoms with E-state index in [1.54, 1.807) is 12.1 Å². The molecule has 3 aromatic rings. The van der Waals surface area contributed by atoms with Gasteiger partial charge in [0.25, 0.3) is 5.56 Å². The molecule has 168 valence electrons. The minimum Gasteiger partial charge on any atom is -0.441 e. The third kappa shape index (κ3) is 5.34. The summed E-state index contributed by atoms with van der Waals surface area (Å²) < 4.78 is 5.77. The predicted octanol–water partition coefficient (Wildman–Crippen LogP) is 4.91. The lowest BCUT2D eigenvalue weighted by molar-refractivity contribution is 0.193. The number of benzene rings is 2. The number of nitrogens with zero attached hydrogens (tertiary/aromatic N) is 1. The van der Waals surface area contributed by atoms with Crippen LogP contribution in [-0.4, -0.2) is 35.0 Å². The fourth-order valence-corrected chi connectivity index (χ4v) is 4.33. The van der Waals surface area contributed by atoms with E-state index in [0.717, 1.165) is 37.9 Å². The van der Waals surface area contributed by atoms with Gasteiger partial charge in [-0.2, -0.15) is 0 Å². The SMILES string of the molecule is O=C(NC1C[C@H]1c1ccccc1)N1CCC(=Cc2cccc(Oc3cccc(=O)[nH]3)c2)CC1. The summed E-state index contributed by atoms with van der Waals surface area (Å²) in [5.74, 6) is 1.52. The lowest BCUT2D eigenvalue weighted by Crippen LogP contribution is -2.44. The van der Waals surface area contributed by atoms with Gasteiger partial charge in [0.15, 0.2) is 5.88 Å². The topological polar surface area (TPSA) is 74.4 Å². The third-order valence-electron chi connectivity index (χ3n) is 6.22. The van der Waals surface area contributed by atoms with E-state index in [1.807, 2.05) is 35.2 Å². The quantitative estimate of drug-likeness (QED) is 0.591. The summed E-state index contributed by atoms with van der Waals surface area (Å²) in [6.07, 6.45) is 4.90. The van der Waals surface area contributed by atoms with Crippen LogP contribution in [0.3, 0.4) is 0 Å². The Morgan fingerprint density at radius 3 is 2.58 bits per heavy atom. The van der Waals surface area contributed by atoms with Crippen LogP contribution >= 0.6 is 0 Å². The van der Waals surface area contributed by atoms with Gasteiger partial charge in [-0.25, -0.2) is 4.79 Å². The predicted molar refractivity (Wildman–Crippen MR) is 128 cm³/mol. The lowest BCUT2D eigenvalue weighted by atomic mass is 10.0. The average molecular weight is 442 g/mol. The molecule has 0 radical (unpaired) electrons. The maximum absolute atomic E-state index is 12.7. The van der Waals surface area contributed by atoms with E-state index < -0.39 is 0 Å². The summed E-state index contributed by atoms with van der Waals surface area (Å²) in [7, 11) is 0. The molecule has 2 fully saturated rings. The molecule has 0 spiro atoms. The molecule has 2 N–H and O–H groups in total. The molecule has 6 heteroatoms. The monoisotopic (exact) mass is 441 g/mol. The highest BCUT2D eigenvalue weighted by Gasteiger charge is 2.40. The van der Waals surface area contributed by atoms with Crippen LogP contribution in [0.25, 0.3) is 6.08 Å². The Bertz CT molecular complexity index is 1210. The number of carbonyl (C=O) groups is 1. The number of carbonyl (C=O) groups excluding carboxylic acids is 1. The van der Waals surface area contributed by atoms with Gasteiger partial charge in [-0.05, 0) is 48.6 Å². The number of ether oxygens (including phenoxy) is 1. The zero-order chi connectivity index (χ0) is 22.6. The summed E-state index contributed by atoms with van der Waals surface area (Å²) >= 11 is 0. The highest BCUT2D eigenvalue weighted by molar-refractivity contribution is 5.75. The van der Waals surface area contributed by atoms with Gasteiger partial charge in [0, 0.05) is 31.1 Å². The number of H-pyrrole nitrogens is 1. The number of piperidine rings is 1. The molecule has 5 rings (SSSR count). The second-order valence-electron chi connectivity index (χ2n) is 8.65. The first-order chi connectivity index (χ1) is 16.1. The van der Waals surface area contributed by atoms with Crippen molar-refractivity contribution in [2.75, 3.05) is 13.1 Å². The molecule has 2 atom stereocenters. The number of urea groups is 1. The Morgan fingerprint density at radius 1 is 1.00 bits per heavy atom. The normalized spacial score (nSPS) is 19.6. The van der Waals surface area contributed by atoms with Crippen LogP contribution < -0.4 is 15.6 Å². The number of nitrogens with one attached hydrogen (secondary N) is 2. The molecular formula is C27H27N3O3. The maximum Gasteiger partial charge on any atom is 0.317 e. The highest BCUT2D eigenvalue weighted by atomic mass is 16.5. The number of pyridine rings is 1. The molecule has 1 aliphatic heterocycles. The van der Waals surface area contributed by atoms with Crippen LogP contribution in [0.2, 0.25) is 0 Å². The molecule has 1 aromatic heterocycles. The van der Waals surface area contributed by atoms with Gasteiger partial charge >= 0.3 is 6.03 Å². The van der Waals surface area contributed by atoms with Gasteiger partial charge in [0.2, 0.25) is 0 Å². The van der Waals surface area contributed by atoms with Gasteiger partial charge in [0.05, 0.1) is 0 Å². The van der Waals surface area contributed by atoms with Gasteiger partial charge < -0.3 is 15.0 Å². The van der Waals surface area contributed by atoms with Gasteiger partial charge in [-0.1, -0.05) is 60.2 Å². The van der Waals surface area contributed by atoms with Crippen molar-refractivity contribution in [3.63, 3.8) is 0 Å². The minimum atomic E-state index is -0.196. The molecule has 1 unspecified atom stereocenters. The van der Waals surface area contributed by atoms with Gasteiger partial charge in [0.1, 0.15) is 5.75 Å². The van der Waals surface area contributed by atoms with Crippen LogP contribution in [-0.2, 0) is 0 Å².